The lowest BCUT2D eigenvalue weighted by atomic mass is 10.2. The Hall–Kier alpha value is -3.39. The first-order chi connectivity index (χ1) is 12.9. The van der Waals surface area contributed by atoms with Gasteiger partial charge in [-0.3, -0.25) is 20.4 Å². The van der Waals surface area contributed by atoms with E-state index in [9.17, 15) is 19.1 Å². The lowest BCUT2D eigenvalue weighted by Gasteiger charge is -2.09. The number of benzene rings is 2. The summed E-state index contributed by atoms with van der Waals surface area (Å²) >= 11 is 5.79. The summed E-state index contributed by atoms with van der Waals surface area (Å²) in [4.78, 5) is 24.4. The summed E-state index contributed by atoms with van der Waals surface area (Å²) in [5, 5.41) is 14.0. The number of hydrogen-bond donors (Lipinski definition) is 3. The Labute approximate surface area is 158 Å². The van der Waals surface area contributed by atoms with Gasteiger partial charge in [0.25, 0.3) is 11.8 Å². The van der Waals surface area contributed by atoms with Crippen LogP contribution in [0.1, 0.15) is 26.4 Å². The van der Waals surface area contributed by atoms with Gasteiger partial charge in [0.15, 0.2) is 0 Å². The van der Waals surface area contributed by atoms with Crippen molar-refractivity contribution in [2.75, 3.05) is 0 Å². The van der Waals surface area contributed by atoms with Gasteiger partial charge in [0.2, 0.25) is 0 Å². The van der Waals surface area contributed by atoms with Crippen LogP contribution in [-0.2, 0) is 0 Å². The van der Waals surface area contributed by atoms with Crippen LogP contribution in [0.15, 0.2) is 48.7 Å². The molecule has 0 aliphatic heterocycles. The summed E-state index contributed by atoms with van der Waals surface area (Å²) in [5.41, 5.74) is 5.04. The van der Waals surface area contributed by atoms with Gasteiger partial charge < -0.3 is 5.11 Å². The molecule has 0 saturated carbocycles. The first kappa shape index (κ1) is 18.4. The van der Waals surface area contributed by atoms with Crippen molar-refractivity contribution in [3.63, 3.8) is 0 Å². The molecular formula is C18H14ClFN4O3. The van der Waals surface area contributed by atoms with Crippen molar-refractivity contribution >= 4 is 23.4 Å². The number of hydrazine groups is 1. The zero-order valence-electron chi connectivity index (χ0n) is 14.0. The molecule has 1 aromatic heterocycles. The molecule has 3 aromatic rings. The Bertz CT molecular complexity index is 1040. The second-order valence-corrected chi connectivity index (χ2v) is 6.01. The quantitative estimate of drug-likeness (QED) is 0.601. The molecule has 0 unspecified atom stereocenters. The topological polar surface area (TPSA) is 96.2 Å². The van der Waals surface area contributed by atoms with Gasteiger partial charge in [0, 0.05) is 5.02 Å². The number of nitrogens with one attached hydrogen (secondary N) is 2. The Balaban J connectivity index is 1.75. The third-order valence-corrected chi connectivity index (χ3v) is 4.06. The minimum atomic E-state index is -0.748. The number of amides is 2. The maximum atomic E-state index is 13.9. The number of phenols is 1. The standard InChI is InChI=1S/C18H14ClFN4O3/c1-10-13(9-21-24(10)15-5-3-2-4-14(15)20)18(27)23-22-17(26)12-8-11(19)6-7-16(12)25/h2-9,25H,1H3,(H,22,26)(H,23,27). The molecule has 138 valence electrons. The zero-order valence-corrected chi connectivity index (χ0v) is 14.8. The van der Waals surface area contributed by atoms with E-state index in [2.05, 4.69) is 16.0 Å². The van der Waals surface area contributed by atoms with Crippen molar-refractivity contribution in [1.29, 1.82) is 0 Å². The molecule has 7 nitrogen and oxygen atoms in total. The largest absolute Gasteiger partial charge is 0.507 e. The molecule has 0 fully saturated rings. The monoisotopic (exact) mass is 388 g/mol. The molecule has 2 aromatic carbocycles. The normalized spacial score (nSPS) is 10.5. The van der Waals surface area contributed by atoms with Crippen molar-refractivity contribution in [3.8, 4) is 11.4 Å². The van der Waals surface area contributed by atoms with Crippen LogP contribution in [0.4, 0.5) is 4.39 Å². The molecule has 0 aliphatic rings. The lowest BCUT2D eigenvalue weighted by Crippen LogP contribution is -2.41. The highest BCUT2D eigenvalue weighted by molar-refractivity contribution is 6.31. The van der Waals surface area contributed by atoms with E-state index in [-0.39, 0.29) is 27.6 Å². The van der Waals surface area contributed by atoms with Gasteiger partial charge in [0.05, 0.1) is 23.0 Å². The van der Waals surface area contributed by atoms with Crippen LogP contribution in [0.5, 0.6) is 5.75 Å². The molecule has 27 heavy (non-hydrogen) atoms. The van der Waals surface area contributed by atoms with E-state index >= 15 is 0 Å². The number of aromatic nitrogens is 2. The molecule has 0 radical (unpaired) electrons. The SMILES string of the molecule is Cc1c(C(=O)NNC(=O)c2cc(Cl)ccc2O)cnn1-c1ccccc1F. The number of aromatic hydroxyl groups is 1. The van der Waals surface area contributed by atoms with Gasteiger partial charge in [0.1, 0.15) is 17.3 Å². The van der Waals surface area contributed by atoms with E-state index in [1.807, 2.05) is 0 Å². The van der Waals surface area contributed by atoms with E-state index < -0.39 is 17.6 Å². The van der Waals surface area contributed by atoms with Crippen LogP contribution < -0.4 is 10.9 Å². The Kier molecular flexibility index (Phi) is 5.09. The van der Waals surface area contributed by atoms with Gasteiger partial charge in [-0.2, -0.15) is 5.10 Å². The van der Waals surface area contributed by atoms with Crippen LogP contribution in [0.25, 0.3) is 5.69 Å². The molecule has 3 N–H and O–H groups in total. The number of phenolic OH excluding ortho intramolecular Hbond substituents is 1. The third-order valence-electron chi connectivity index (χ3n) is 3.83. The van der Waals surface area contributed by atoms with E-state index in [1.54, 1.807) is 19.1 Å². The lowest BCUT2D eigenvalue weighted by molar-refractivity contribution is 0.0844. The van der Waals surface area contributed by atoms with Crippen LogP contribution >= 0.6 is 11.6 Å². The summed E-state index contributed by atoms with van der Waals surface area (Å²) in [6.07, 6.45) is 1.26. The fourth-order valence-corrected chi connectivity index (χ4v) is 2.61. The van der Waals surface area contributed by atoms with Crippen LogP contribution in [0, 0.1) is 12.7 Å². The molecule has 0 bridgehead atoms. The summed E-state index contributed by atoms with van der Waals surface area (Å²) in [7, 11) is 0. The molecule has 3 rings (SSSR count). The van der Waals surface area contributed by atoms with Crippen molar-refractivity contribution in [3.05, 3.63) is 76.3 Å². The molecular weight excluding hydrogens is 375 g/mol. The highest BCUT2D eigenvalue weighted by Gasteiger charge is 2.18. The average Bonchev–Trinajstić information content (AvgIpc) is 3.03. The van der Waals surface area contributed by atoms with Crippen LogP contribution in [0.2, 0.25) is 5.02 Å². The van der Waals surface area contributed by atoms with Crippen LogP contribution in [0.3, 0.4) is 0 Å². The van der Waals surface area contributed by atoms with Gasteiger partial charge in [-0.1, -0.05) is 23.7 Å². The molecule has 0 saturated heterocycles. The minimum Gasteiger partial charge on any atom is -0.507 e. The summed E-state index contributed by atoms with van der Waals surface area (Å²) in [5.74, 6) is -2.16. The van der Waals surface area contributed by atoms with Gasteiger partial charge >= 0.3 is 0 Å². The Morgan fingerprint density at radius 1 is 1.11 bits per heavy atom. The van der Waals surface area contributed by atoms with Crippen molar-refractivity contribution in [1.82, 2.24) is 20.6 Å². The number of nitrogens with zero attached hydrogens (tertiary/aromatic N) is 2. The maximum absolute atomic E-state index is 13.9. The summed E-state index contributed by atoms with van der Waals surface area (Å²) in [6, 6.07) is 9.96. The fraction of sp³-hybridized carbons (Fsp3) is 0.0556. The molecule has 0 aliphatic carbocycles. The first-order valence-corrected chi connectivity index (χ1v) is 8.15. The highest BCUT2D eigenvalue weighted by atomic mass is 35.5. The number of para-hydroxylation sites is 1. The van der Waals surface area contributed by atoms with Crippen molar-refractivity contribution in [2.24, 2.45) is 0 Å². The predicted molar refractivity (Wildman–Crippen MR) is 96.3 cm³/mol. The molecule has 0 atom stereocenters. The number of hydrogen-bond acceptors (Lipinski definition) is 4. The first-order valence-electron chi connectivity index (χ1n) is 7.77. The predicted octanol–water partition coefficient (Wildman–Crippen LogP) is 2.75. The van der Waals surface area contributed by atoms with Crippen molar-refractivity contribution in [2.45, 2.75) is 6.92 Å². The Morgan fingerprint density at radius 2 is 1.78 bits per heavy atom. The summed E-state index contributed by atoms with van der Waals surface area (Å²) < 4.78 is 15.2. The number of carbonyl (C=O) groups is 2. The van der Waals surface area contributed by atoms with Crippen molar-refractivity contribution < 1.29 is 19.1 Å². The van der Waals surface area contributed by atoms with Gasteiger partial charge in [-0.25, -0.2) is 9.07 Å². The van der Waals surface area contributed by atoms with Gasteiger partial charge in [-0.05, 0) is 37.3 Å². The van der Waals surface area contributed by atoms with E-state index in [4.69, 9.17) is 11.6 Å². The average molecular weight is 389 g/mol. The Morgan fingerprint density at radius 3 is 2.48 bits per heavy atom. The van der Waals surface area contributed by atoms with Crippen LogP contribution in [-0.4, -0.2) is 26.7 Å². The smallest absolute Gasteiger partial charge is 0.273 e. The molecule has 2 amide bonds. The highest BCUT2D eigenvalue weighted by Crippen LogP contribution is 2.21. The van der Waals surface area contributed by atoms with Gasteiger partial charge in [-0.15, -0.1) is 0 Å². The van der Waals surface area contributed by atoms with E-state index in [0.717, 1.165) is 0 Å². The molecule has 1 heterocycles. The maximum Gasteiger partial charge on any atom is 0.273 e. The zero-order chi connectivity index (χ0) is 19.6. The molecule has 0 spiro atoms. The summed E-state index contributed by atoms with van der Waals surface area (Å²) in [6.45, 7) is 1.60. The second-order valence-electron chi connectivity index (χ2n) is 5.58. The minimum absolute atomic E-state index is 0.0958. The van der Waals surface area contributed by atoms with E-state index in [0.29, 0.717) is 5.69 Å². The number of carbonyl (C=O) groups excluding carboxylic acids is 2. The van der Waals surface area contributed by atoms with E-state index in [1.165, 1.54) is 41.2 Å². The second kappa shape index (κ2) is 7.46. The number of rotatable bonds is 3. The molecule has 9 heteroatoms. The fourth-order valence-electron chi connectivity index (χ4n) is 2.44. The third kappa shape index (κ3) is 3.75. The number of halogens is 2.